The zero-order chi connectivity index (χ0) is 14.2. The lowest BCUT2D eigenvalue weighted by atomic mass is 9.74. The van der Waals surface area contributed by atoms with Crippen LogP contribution in [0.1, 0.15) is 32.7 Å². The van der Waals surface area contributed by atoms with Crippen molar-refractivity contribution in [2.24, 2.45) is 0 Å². The number of Topliss-reactive ketones (excluding diaryl/α,β-unsaturated/α-hetero) is 2. The van der Waals surface area contributed by atoms with E-state index in [1.54, 1.807) is 48.5 Å². The van der Waals surface area contributed by atoms with E-state index in [1.165, 1.54) is 0 Å². The molecule has 0 saturated heterocycles. The van der Waals surface area contributed by atoms with Crippen molar-refractivity contribution in [2.45, 2.75) is 11.8 Å². The van der Waals surface area contributed by atoms with Crippen LogP contribution in [-0.2, 0) is 10.2 Å². The fraction of sp³-hybridized carbons (Fsp3) is 0.118. The molecule has 0 saturated carbocycles. The molecule has 0 N–H and O–H groups in total. The third kappa shape index (κ3) is 1.50. The van der Waals surface area contributed by atoms with Gasteiger partial charge in [0.2, 0.25) is 0 Å². The van der Waals surface area contributed by atoms with Gasteiger partial charge >= 0.3 is 0 Å². The van der Waals surface area contributed by atoms with E-state index < -0.39 is 5.41 Å². The normalized spacial score (nSPS) is 16.0. The molecule has 0 fully saturated rings. The Labute approximate surface area is 116 Å². The molecule has 3 rings (SSSR count). The first-order valence-corrected chi connectivity index (χ1v) is 6.39. The second kappa shape index (κ2) is 4.53. The van der Waals surface area contributed by atoms with Crippen molar-refractivity contribution >= 4 is 17.9 Å². The van der Waals surface area contributed by atoms with Crippen LogP contribution in [0.3, 0.4) is 0 Å². The van der Waals surface area contributed by atoms with E-state index in [1.807, 2.05) is 6.07 Å². The largest absolute Gasteiger partial charge is 0.303 e. The van der Waals surface area contributed by atoms with E-state index in [2.05, 4.69) is 0 Å². The Balaban J connectivity index is 2.27. The predicted octanol–water partition coefficient (Wildman–Crippen LogP) is 2.59. The van der Waals surface area contributed by atoms with E-state index >= 15 is 0 Å². The smallest absolute Gasteiger partial charge is 0.182 e. The zero-order valence-electron chi connectivity index (χ0n) is 10.7. The topological polar surface area (TPSA) is 51.2 Å². The zero-order valence-corrected chi connectivity index (χ0v) is 10.7. The molecule has 1 aliphatic carbocycles. The molecule has 3 nitrogen and oxygen atoms in total. The van der Waals surface area contributed by atoms with Gasteiger partial charge in [0.1, 0.15) is 11.7 Å². The van der Waals surface area contributed by atoms with Gasteiger partial charge < -0.3 is 4.79 Å². The van der Waals surface area contributed by atoms with Crippen molar-refractivity contribution < 1.29 is 14.4 Å². The summed E-state index contributed by atoms with van der Waals surface area (Å²) in [6, 6.07) is 15.6. The van der Waals surface area contributed by atoms with Crippen LogP contribution in [0.5, 0.6) is 0 Å². The average Bonchev–Trinajstić information content (AvgIpc) is 2.72. The highest BCUT2D eigenvalue weighted by atomic mass is 16.2. The van der Waals surface area contributed by atoms with Gasteiger partial charge in [0.25, 0.3) is 0 Å². The Morgan fingerprint density at radius 3 is 1.80 bits per heavy atom. The van der Waals surface area contributed by atoms with E-state index in [9.17, 15) is 14.4 Å². The van der Waals surface area contributed by atoms with Crippen LogP contribution in [0.4, 0.5) is 0 Å². The van der Waals surface area contributed by atoms with Crippen LogP contribution in [-0.4, -0.2) is 17.9 Å². The molecule has 2 aromatic carbocycles. The minimum absolute atomic E-state index is 0.122. The minimum Gasteiger partial charge on any atom is -0.303 e. The minimum atomic E-state index is -1.38. The third-order valence-electron chi connectivity index (χ3n) is 3.85. The number of hydrogen-bond acceptors (Lipinski definition) is 3. The van der Waals surface area contributed by atoms with Gasteiger partial charge in [-0.15, -0.1) is 0 Å². The number of rotatable bonds is 3. The second-order valence-corrected chi connectivity index (χ2v) is 4.85. The lowest BCUT2D eigenvalue weighted by Gasteiger charge is -2.23. The number of ketones is 2. The SMILES string of the molecule is O=CCC1(c2ccccc2)C(=O)c2ccccc2C1=O. The monoisotopic (exact) mass is 264 g/mol. The number of aldehydes is 1. The Hall–Kier alpha value is -2.55. The van der Waals surface area contributed by atoms with E-state index in [0.29, 0.717) is 23.0 Å². The first-order chi connectivity index (χ1) is 9.71. The summed E-state index contributed by atoms with van der Waals surface area (Å²) in [4.78, 5) is 36.6. The van der Waals surface area contributed by atoms with Crippen LogP contribution in [0.2, 0.25) is 0 Å². The molecule has 20 heavy (non-hydrogen) atoms. The number of carbonyl (C=O) groups is 3. The molecule has 0 atom stereocenters. The van der Waals surface area contributed by atoms with Crippen LogP contribution >= 0.6 is 0 Å². The first kappa shape index (κ1) is 12.5. The molecule has 1 aliphatic rings. The Bertz CT molecular complexity index is 666. The fourth-order valence-corrected chi connectivity index (χ4v) is 2.86. The number of carbonyl (C=O) groups excluding carboxylic acids is 3. The van der Waals surface area contributed by atoms with Crippen molar-refractivity contribution in [2.75, 3.05) is 0 Å². The molecule has 98 valence electrons. The van der Waals surface area contributed by atoms with E-state index in [-0.39, 0.29) is 18.0 Å². The first-order valence-electron chi connectivity index (χ1n) is 6.39. The van der Waals surface area contributed by atoms with Gasteiger partial charge in [-0.1, -0.05) is 54.6 Å². The highest BCUT2D eigenvalue weighted by molar-refractivity contribution is 6.33. The van der Waals surface area contributed by atoms with Gasteiger partial charge in [0, 0.05) is 17.5 Å². The van der Waals surface area contributed by atoms with Crippen molar-refractivity contribution in [1.29, 1.82) is 0 Å². The summed E-state index contributed by atoms with van der Waals surface area (Å²) >= 11 is 0. The Morgan fingerprint density at radius 2 is 1.30 bits per heavy atom. The predicted molar refractivity (Wildman–Crippen MR) is 73.9 cm³/mol. The maximum atomic E-state index is 12.7. The molecule has 0 radical (unpaired) electrons. The summed E-state index contributed by atoms with van der Waals surface area (Å²) < 4.78 is 0. The molecule has 0 amide bonds. The van der Waals surface area contributed by atoms with Crippen LogP contribution < -0.4 is 0 Å². The summed E-state index contributed by atoms with van der Waals surface area (Å²) in [5, 5.41) is 0. The fourth-order valence-electron chi connectivity index (χ4n) is 2.86. The molecule has 0 unspecified atom stereocenters. The lowest BCUT2D eigenvalue weighted by Crippen LogP contribution is -2.38. The Kier molecular flexibility index (Phi) is 2.83. The molecule has 0 bridgehead atoms. The van der Waals surface area contributed by atoms with Crippen molar-refractivity contribution in [3.8, 4) is 0 Å². The van der Waals surface area contributed by atoms with Gasteiger partial charge in [-0.3, -0.25) is 9.59 Å². The molecule has 0 heterocycles. The molecule has 0 spiro atoms. The van der Waals surface area contributed by atoms with Gasteiger partial charge in [-0.2, -0.15) is 0 Å². The average molecular weight is 264 g/mol. The summed E-state index contributed by atoms with van der Waals surface area (Å²) in [5.74, 6) is -0.562. The summed E-state index contributed by atoms with van der Waals surface area (Å²) in [6.45, 7) is 0. The highest BCUT2D eigenvalue weighted by Gasteiger charge is 2.53. The summed E-state index contributed by atoms with van der Waals surface area (Å²) in [5.41, 5.74) is 0.0110. The molecule has 3 heteroatoms. The van der Waals surface area contributed by atoms with Crippen LogP contribution in [0.15, 0.2) is 54.6 Å². The number of benzene rings is 2. The second-order valence-electron chi connectivity index (χ2n) is 4.85. The van der Waals surface area contributed by atoms with Crippen LogP contribution in [0, 0.1) is 0 Å². The molecular weight excluding hydrogens is 252 g/mol. The quantitative estimate of drug-likeness (QED) is 0.632. The number of fused-ring (bicyclic) bond motifs is 1. The number of hydrogen-bond donors (Lipinski definition) is 0. The molecular formula is C17H12O3. The highest BCUT2D eigenvalue weighted by Crippen LogP contribution is 2.41. The summed E-state index contributed by atoms with van der Waals surface area (Å²) in [7, 11) is 0. The lowest BCUT2D eigenvalue weighted by molar-refractivity contribution is -0.108. The van der Waals surface area contributed by atoms with Gasteiger partial charge in [0.15, 0.2) is 11.6 Å². The van der Waals surface area contributed by atoms with E-state index in [4.69, 9.17) is 0 Å². The maximum absolute atomic E-state index is 12.7. The van der Waals surface area contributed by atoms with E-state index in [0.717, 1.165) is 0 Å². The van der Waals surface area contributed by atoms with Crippen LogP contribution in [0.25, 0.3) is 0 Å². The van der Waals surface area contributed by atoms with Gasteiger partial charge in [-0.25, -0.2) is 0 Å². The van der Waals surface area contributed by atoms with Crippen molar-refractivity contribution in [3.63, 3.8) is 0 Å². The maximum Gasteiger partial charge on any atom is 0.182 e. The van der Waals surface area contributed by atoms with Gasteiger partial charge in [0.05, 0.1) is 0 Å². The Morgan fingerprint density at radius 1 is 0.800 bits per heavy atom. The van der Waals surface area contributed by atoms with Crippen molar-refractivity contribution in [3.05, 3.63) is 71.3 Å². The molecule has 0 aliphatic heterocycles. The molecule has 2 aromatic rings. The summed E-state index contributed by atoms with van der Waals surface area (Å²) in [6.07, 6.45) is 0.526. The standard InChI is InChI=1S/C17H12O3/c18-11-10-17(12-6-2-1-3-7-12)15(19)13-8-4-5-9-14(13)16(17)20/h1-9,11H,10H2. The third-order valence-corrected chi connectivity index (χ3v) is 3.85. The van der Waals surface area contributed by atoms with Gasteiger partial charge in [-0.05, 0) is 5.56 Å². The molecule has 0 aromatic heterocycles. The van der Waals surface area contributed by atoms with Crippen molar-refractivity contribution in [1.82, 2.24) is 0 Å².